The number of hydrogen-bond donors (Lipinski definition) is 1. The highest BCUT2D eigenvalue weighted by Crippen LogP contribution is 2.09. The lowest BCUT2D eigenvalue weighted by atomic mass is 10.00. The van der Waals surface area contributed by atoms with Crippen molar-refractivity contribution in [3.05, 3.63) is 0 Å². The Morgan fingerprint density at radius 3 is 2.00 bits per heavy atom. The van der Waals surface area contributed by atoms with Gasteiger partial charge in [-0.2, -0.15) is 0 Å². The fourth-order valence-electron chi connectivity index (χ4n) is 0.736. The Morgan fingerprint density at radius 2 is 1.67 bits per heavy atom. The first-order valence-corrected chi connectivity index (χ1v) is 3.87. The maximum atomic E-state index is 5.46. The topological polar surface area (TPSA) is 26.0 Å². The molecule has 0 saturated heterocycles. The summed E-state index contributed by atoms with van der Waals surface area (Å²) >= 11 is 0. The van der Waals surface area contributed by atoms with Gasteiger partial charge in [-0.05, 0) is 24.8 Å². The van der Waals surface area contributed by atoms with Crippen LogP contribution in [0, 0.1) is 11.8 Å². The van der Waals surface area contributed by atoms with E-state index in [-0.39, 0.29) is 0 Å². The molecule has 0 bridgehead atoms. The summed E-state index contributed by atoms with van der Waals surface area (Å²) in [5.74, 6) is 1.55. The maximum Gasteiger partial charge on any atom is -0.00515 e. The molecule has 0 rings (SSSR count). The Balaban J connectivity index is 3.06. The van der Waals surface area contributed by atoms with E-state index in [9.17, 15) is 0 Å². The van der Waals surface area contributed by atoms with Crippen LogP contribution < -0.4 is 5.73 Å². The van der Waals surface area contributed by atoms with E-state index in [0.29, 0.717) is 5.92 Å². The first kappa shape index (κ1) is 8.96. The average molecular weight is 129 g/mol. The highest BCUT2D eigenvalue weighted by molar-refractivity contribution is 4.54. The second kappa shape index (κ2) is 4.80. The molecule has 0 saturated carbocycles. The molecule has 1 heteroatoms. The molecular weight excluding hydrogens is 110 g/mol. The van der Waals surface area contributed by atoms with Gasteiger partial charge in [-0.15, -0.1) is 0 Å². The molecule has 0 aliphatic carbocycles. The van der Waals surface area contributed by atoms with E-state index in [1.165, 1.54) is 12.8 Å². The zero-order valence-electron chi connectivity index (χ0n) is 6.85. The number of hydrogen-bond acceptors (Lipinski definition) is 1. The van der Waals surface area contributed by atoms with Gasteiger partial charge in [-0.25, -0.2) is 0 Å². The summed E-state index contributed by atoms with van der Waals surface area (Å²) in [6.45, 7) is 7.56. The lowest BCUT2D eigenvalue weighted by molar-refractivity contribution is 0.457. The molecule has 0 aromatic rings. The van der Waals surface area contributed by atoms with Gasteiger partial charge in [0.25, 0.3) is 0 Å². The zero-order valence-corrected chi connectivity index (χ0v) is 6.85. The third-order valence-corrected chi connectivity index (χ3v) is 1.64. The van der Waals surface area contributed by atoms with Crippen molar-refractivity contribution in [1.29, 1.82) is 0 Å². The van der Waals surface area contributed by atoms with Crippen molar-refractivity contribution in [2.45, 2.75) is 33.6 Å². The van der Waals surface area contributed by atoms with Gasteiger partial charge in [0.1, 0.15) is 0 Å². The first-order chi connectivity index (χ1) is 4.16. The molecule has 1 atom stereocenters. The van der Waals surface area contributed by atoms with Crippen LogP contribution in [0.5, 0.6) is 0 Å². The summed E-state index contributed by atoms with van der Waals surface area (Å²) in [6, 6.07) is 0. The lowest BCUT2D eigenvalue weighted by Crippen LogP contribution is -2.11. The molecule has 1 unspecified atom stereocenters. The highest BCUT2D eigenvalue weighted by Gasteiger charge is 1.99. The minimum Gasteiger partial charge on any atom is -0.330 e. The van der Waals surface area contributed by atoms with Gasteiger partial charge in [0, 0.05) is 0 Å². The van der Waals surface area contributed by atoms with E-state index in [1.807, 2.05) is 0 Å². The van der Waals surface area contributed by atoms with E-state index < -0.39 is 0 Å². The average Bonchev–Trinajstić information content (AvgIpc) is 1.83. The Hall–Kier alpha value is -0.0400. The van der Waals surface area contributed by atoms with Gasteiger partial charge in [-0.3, -0.25) is 0 Å². The van der Waals surface area contributed by atoms with Gasteiger partial charge in [-0.1, -0.05) is 27.2 Å². The van der Waals surface area contributed by atoms with Crippen molar-refractivity contribution in [3.63, 3.8) is 0 Å². The monoisotopic (exact) mass is 129 g/mol. The van der Waals surface area contributed by atoms with Crippen molar-refractivity contribution in [3.8, 4) is 0 Å². The zero-order chi connectivity index (χ0) is 7.28. The van der Waals surface area contributed by atoms with Crippen molar-refractivity contribution >= 4 is 0 Å². The van der Waals surface area contributed by atoms with E-state index in [0.717, 1.165) is 12.5 Å². The van der Waals surface area contributed by atoms with Crippen molar-refractivity contribution < 1.29 is 0 Å². The molecule has 0 aliphatic heterocycles. The van der Waals surface area contributed by atoms with E-state index in [4.69, 9.17) is 5.73 Å². The predicted octanol–water partition coefficient (Wildman–Crippen LogP) is 2.02. The molecule has 0 aromatic carbocycles. The summed E-state index contributed by atoms with van der Waals surface area (Å²) in [4.78, 5) is 0. The van der Waals surface area contributed by atoms with Gasteiger partial charge >= 0.3 is 0 Å². The molecule has 0 heterocycles. The van der Waals surface area contributed by atoms with Crippen molar-refractivity contribution in [2.24, 2.45) is 17.6 Å². The summed E-state index contributed by atoms with van der Waals surface area (Å²) < 4.78 is 0. The van der Waals surface area contributed by atoms with Crippen LogP contribution >= 0.6 is 0 Å². The molecule has 0 spiro atoms. The molecule has 1 nitrogen and oxygen atoms in total. The number of nitrogens with two attached hydrogens (primary N) is 1. The summed E-state index contributed by atoms with van der Waals surface area (Å²) in [5.41, 5.74) is 5.46. The molecule has 0 aromatic heterocycles. The normalized spacial score (nSPS) is 14.3. The van der Waals surface area contributed by atoms with E-state index in [2.05, 4.69) is 20.8 Å². The second-order valence-corrected chi connectivity index (χ2v) is 3.31. The Kier molecular flexibility index (Phi) is 4.78. The largest absolute Gasteiger partial charge is 0.330 e. The number of rotatable bonds is 4. The molecule has 0 fully saturated rings. The minimum atomic E-state index is 0.715. The van der Waals surface area contributed by atoms with Crippen molar-refractivity contribution in [1.82, 2.24) is 0 Å². The van der Waals surface area contributed by atoms with Crippen molar-refractivity contribution in [2.75, 3.05) is 6.54 Å². The van der Waals surface area contributed by atoms with Crippen LogP contribution in [0.25, 0.3) is 0 Å². The summed E-state index contributed by atoms with van der Waals surface area (Å²) in [6.07, 6.45) is 2.60. The molecule has 56 valence electrons. The third kappa shape index (κ3) is 5.84. The van der Waals surface area contributed by atoms with E-state index >= 15 is 0 Å². The third-order valence-electron chi connectivity index (χ3n) is 1.64. The van der Waals surface area contributed by atoms with E-state index in [1.54, 1.807) is 0 Å². The standard InChI is InChI=1S/C8H19N/c1-7(2)4-5-8(3)6-9/h7-8H,4-6,9H2,1-3H3. The predicted molar refractivity (Wildman–Crippen MR) is 42.3 cm³/mol. The molecule has 0 radical (unpaired) electrons. The molecule has 0 amide bonds. The SMILES string of the molecule is CC(C)CCC(C)CN. The minimum absolute atomic E-state index is 0.715. The molecular formula is C8H19N. The van der Waals surface area contributed by atoms with Crippen LogP contribution in [0.15, 0.2) is 0 Å². The summed E-state index contributed by atoms with van der Waals surface area (Å²) in [7, 11) is 0. The summed E-state index contributed by atoms with van der Waals surface area (Å²) in [5, 5.41) is 0. The quantitative estimate of drug-likeness (QED) is 0.617. The van der Waals surface area contributed by atoms with Crippen LogP contribution in [-0.4, -0.2) is 6.54 Å². The molecule has 0 aliphatic rings. The van der Waals surface area contributed by atoms with Crippen LogP contribution in [-0.2, 0) is 0 Å². The fourth-order valence-corrected chi connectivity index (χ4v) is 0.736. The van der Waals surface area contributed by atoms with Gasteiger partial charge in [0.15, 0.2) is 0 Å². The van der Waals surface area contributed by atoms with Crippen LogP contribution in [0.4, 0.5) is 0 Å². The van der Waals surface area contributed by atoms with Crippen LogP contribution in [0.1, 0.15) is 33.6 Å². The maximum absolute atomic E-state index is 5.46. The lowest BCUT2D eigenvalue weighted by Gasteiger charge is -2.08. The van der Waals surface area contributed by atoms with Crippen LogP contribution in [0.3, 0.4) is 0 Å². The Morgan fingerprint density at radius 1 is 1.11 bits per heavy atom. The Bertz CT molecular complexity index is 59.6. The fraction of sp³-hybridized carbons (Fsp3) is 1.00. The molecule has 2 N–H and O–H groups in total. The van der Waals surface area contributed by atoms with Gasteiger partial charge < -0.3 is 5.73 Å². The molecule has 9 heavy (non-hydrogen) atoms. The van der Waals surface area contributed by atoms with Crippen LogP contribution in [0.2, 0.25) is 0 Å². The van der Waals surface area contributed by atoms with Gasteiger partial charge in [0.05, 0.1) is 0 Å². The Labute approximate surface area is 58.6 Å². The first-order valence-electron chi connectivity index (χ1n) is 3.87. The highest BCUT2D eigenvalue weighted by atomic mass is 14.5. The van der Waals surface area contributed by atoms with Gasteiger partial charge in [0.2, 0.25) is 0 Å². The smallest absolute Gasteiger partial charge is 0.00515 e. The second-order valence-electron chi connectivity index (χ2n) is 3.31.